The summed E-state index contributed by atoms with van der Waals surface area (Å²) in [6.45, 7) is 2.55. The Balaban J connectivity index is 1.95. The second-order valence-electron chi connectivity index (χ2n) is 4.88. The van der Waals surface area contributed by atoms with Gasteiger partial charge in [0.1, 0.15) is 0 Å². The van der Waals surface area contributed by atoms with Crippen LogP contribution in [0.2, 0.25) is 5.02 Å². The molecule has 1 aromatic rings. The Hall–Kier alpha value is -0.730. The van der Waals surface area contributed by atoms with Gasteiger partial charge in [-0.3, -0.25) is 4.79 Å². The van der Waals surface area contributed by atoms with E-state index in [9.17, 15) is 4.79 Å². The van der Waals surface area contributed by atoms with Crippen molar-refractivity contribution in [2.75, 3.05) is 6.54 Å². The van der Waals surface area contributed by atoms with E-state index >= 15 is 0 Å². The molecule has 0 saturated heterocycles. The highest BCUT2D eigenvalue weighted by Crippen LogP contribution is 2.29. The average molecular weight is 286 g/mol. The minimum atomic E-state index is -0.0417. The molecule has 2 rings (SSSR count). The summed E-state index contributed by atoms with van der Waals surface area (Å²) in [5, 5.41) is 3.82. The molecule has 2 nitrogen and oxygen atoms in total. The number of amides is 1. The van der Waals surface area contributed by atoms with Crippen molar-refractivity contribution >= 4 is 29.1 Å². The highest BCUT2D eigenvalue weighted by molar-refractivity contribution is 6.30. The van der Waals surface area contributed by atoms with Crippen LogP contribution in [0.15, 0.2) is 18.2 Å². The zero-order valence-corrected chi connectivity index (χ0v) is 11.9. The van der Waals surface area contributed by atoms with E-state index in [-0.39, 0.29) is 11.3 Å². The van der Waals surface area contributed by atoms with Crippen molar-refractivity contribution in [3.8, 4) is 0 Å². The van der Waals surface area contributed by atoms with E-state index in [0.29, 0.717) is 23.0 Å². The first-order chi connectivity index (χ1) is 8.58. The quantitative estimate of drug-likeness (QED) is 0.842. The van der Waals surface area contributed by atoms with Gasteiger partial charge >= 0.3 is 0 Å². The van der Waals surface area contributed by atoms with E-state index in [1.807, 2.05) is 6.92 Å². The molecule has 1 aliphatic carbocycles. The first-order valence-corrected chi connectivity index (χ1v) is 7.08. The largest absolute Gasteiger partial charge is 0.352 e. The van der Waals surface area contributed by atoms with Gasteiger partial charge in [-0.25, -0.2) is 0 Å². The second kappa shape index (κ2) is 5.94. The van der Waals surface area contributed by atoms with Crippen LogP contribution >= 0.6 is 23.2 Å². The number of carbonyl (C=O) groups excluding carboxylic acids is 1. The zero-order chi connectivity index (χ0) is 13.1. The topological polar surface area (TPSA) is 29.1 Å². The lowest BCUT2D eigenvalue weighted by Gasteiger charge is -2.15. The number of halogens is 2. The number of hydrogen-bond donors (Lipinski definition) is 1. The minimum absolute atomic E-state index is 0.0417. The minimum Gasteiger partial charge on any atom is -0.352 e. The molecule has 0 bridgehead atoms. The van der Waals surface area contributed by atoms with Gasteiger partial charge in [-0.1, -0.05) is 18.0 Å². The Bertz CT molecular complexity index is 447. The number of hydrogen-bond acceptors (Lipinski definition) is 1. The molecule has 98 valence electrons. The van der Waals surface area contributed by atoms with Crippen LogP contribution in [0.25, 0.3) is 0 Å². The molecule has 2 atom stereocenters. The monoisotopic (exact) mass is 285 g/mol. The molecule has 4 heteroatoms. The summed E-state index contributed by atoms with van der Waals surface area (Å²) >= 11 is 12.1. The van der Waals surface area contributed by atoms with E-state index in [4.69, 9.17) is 23.2 Å². The predicted molar refractivity (Wildman–Crippen MR) is 75.5 cm³/mol. The molecule has 0 heterocycles. The Morgan fingerprint density at radius 1 is 1.44 bits per heavy atom. The Labute approximate surface area is 118 Å². The molecule has 1 aromatic carbocycles. The van der Waals surface area contributed by atoms with Gasteiger partial charge in [0.15, 0.2) is 0 Å². The van der Waals surface area contributed by atoms with Crippen LogP contribution in [0.4, 0.5) is 0 Å². The Morgan fingerprint density at radius 2 is 2.22 bits per heavy atom. The lowest BCUT2D eigenvalue weighted by Crippen LogP contribution is -2.31. The van der Waals surface area contributed by atoms with E-state index in [1.54, 1.807) is 18.2 Å². The van der Waals surface area contributed by atoms with E-state index in [1.165, 1.54) is 0 Å². The van der Waals surface area contributed by atoms with Crippen LogP contribution in [0.3, 0.4) is 0 Å². The van der Waals surface area contributed by atoms with Crippen molar-refractivity contribution in [3.63, 3.8) is 0 Å². The molecule has 1 saturated carbocycles. The lowest BCUT2D eigenvalue weighted by atomic mass is 10.1. The number of alkyl halides is 1. The summed E-state index contributed by atoms with van der Waals surface area (Å²) in [7, 11) is 0. The van der Waals surface area contributed by atoms with Gasteiger partial charge in [-0.05, 0) is 49.4 Å². The highest BCUT2D eigenvalue weighted by atomic mass is 35.5. The van der Waals surface area contributed by atoms with Crippen molar-refractivity contribution in [1.29, 1.82) is 0 Å². The molecular formula is C14H17Cl2NO. The SMILES string of the molecule is Cc1cc(Cl)ccc1C(=O)NCC1CCCC1Cl. The summed E-state index contributed by atoms with van der Waals surface area (Å²) in [4.78, 5) is 12.0. The smallest absolute Gasteiger partial charge is 0.251 e. The normalized spacial score (nSPS) is 23.1. The summed E-state index contributed by atoms with van der Waals surface area (Å²) in [5.74, 6) is 0.364. The van der Waals surface area contributed by atoms with Crippen LogP contribution in [-0.4, -0.2) is 17.8 Å². The second-order valence-corrected chi connectivity index (χ2v) is 5.87. The molecule has 0 aliphatic heterocycles. The van der Waals surface area contributed by atoms with Gasteiger partial charge in [-0.2, -0.15) is 0 Å². The first-order valence-electron chi connectivity index (χ1n) is 6.26. The molecule has 0 radical (unpaired) electrons. The van der Waals surface area contributed by atoms with E-state index in [0.717, 1.165) is 24.8 Å². The van der Waals surface area contributed by atoms with Crippen LogP contribution in [0.5, 0.6) is 0 Å². The third kappa shape index (κ3) is 3.18. The third-order valence-corrected chi connectivity index (χ3v) is 4.33. The number of benzene rings is 1. The molecule has 1 N–H and O–H groups in total. The van der Waals surface area contributed by atoms with Gasteiger partial charge in [-0.15, -0.1) is 11.6 Å². The van der Waals surface area contributed by atoms with Crippen LogP contribution in [0, 0.1) is 12.8 Å². The van der Waals surface area contributed by atoms with Crippen molar-refractivity contribution in [3.05, 3.63) is 34.3 Å². The molecule has 1 fully saturated rings. The number of nitrogens with one attached hydrogen (secondary N) is 1. The summed E-state index contributed by atoms with van der Waals surface area (Å²) in [6, 6.07) is 5.31. The fourth-order valence-electron chi connectivity index (χ4n) is 2.42. The van der Waals surface area contributed by atoms with Crippen LogP contribution < -0.4 is 5.32 Å². The molecular weight excluding hydrogens is 269 g/mol. The Morgan fingerprint density at radius 3 is 2.83 bits per heavy atom. The van der Waals surface area contributed by atoms with Gasteiger partial charge < -0.3 is 5.32 Å². The molecule has 18 heavy (non-hydrogen) atoms. The van der Waals surface area contributed by atoms with Crippen LogP contribution in [-0.2, 0) is 0 Å². The Kier molecular flexibility index (Phi) is 4.52. The number of aryl methyl sites for hydroxylation is 1. The van der Waals surface area contributed by atoms with Crippen molar-refractivity contribution in [1.82, 2.24) is 5.32 Å². The van der Waals surface area contributed by atoms with Gasteiger partial charge in [0.25, 0.3) is 5.91 Å². The summed E-state index contributed by atoms with van der Waals surface area (Å²) in [5.41, 5.74) is 1.58. The van der Waals surface area contributed by atoms with Crippen molar-refractivity contribution in [2.45, 2.75) is 31.6 Å². The maximum absolute atomic E-state index is 12.0. The van der Waals surface area contributed by atoms with Gasteiger partial charge in [0.05, 0.1) is 0 Å². The van der Waals surface area contributed by atoms with E-state index < -0.39 is 0 Å². The maximum atomic E-state index is 12.0. The highest BCUT2D eigenvalue weighted by Gasteiger charge is 2.25. The predicted octanol–water partition coefficient (Wildman–Crippen LogP) is 3.79. The standard InChI is InChI=1S/C14H17Cl2NO/c1-9-7-11(15)5-6-12(9)14(18)17-8-10-3-2-4-13(10)16/h5-7,10,13H,2-4,8H2,1H3,(H,17,18). The van der Waals surface area contributed by atoms with Gasteiger partial charge in [0, 0.05) is 22.5 Å². The molecule has 0 spiro atoms. The number of carbonyl (C=O) groups is 1. The summed E-state index contributed by atoms with van der Waals surface area (Å²) < 4.78 is 0. The molecule has 2 unspecified atom stereocenters. The lowest BCUT2D eigenvalue weighted by molar-refractivity contribution is 0.0947. The summed E-state index contributed by atoms with van der Waals surface area (Å²) in [6.07, 6.45) is 3.32. The van der Waals surface area contributed by atoms with Crippen molar-refractivity contribution < 1.29 is 4.79 Å². The van der Waals surface area contributed by atoms with E-state index in [2.05, 4.69) is 5.32 Å². The maximum Gasteiger partial charge on any atom is 0.251 e. The molecule has 1 aliphatic rings. The zero-order valence-electron chi connectivity index (χ0n) is 10.4. The first kappa shape index (κ1) is 13.7. The fraction of sp³-hybridized carbons (Fsp3) is 0.500. The third-order valence-electron chi connectivity index (χ3n) is 3.52. The van der Waals surface area contributed by atoms with Crippen LogP contribution in [0.1, 0.15) is 35.2 Å². The fourth-order valence-corrected chi connectivity index (χ4v) is 3.02. The molecule has 1 amide bonds. The van der Waals surface area contributed by atoms with Crippen molar-refractivity contribution in [2.24, 2.45) is 5.92 Å². The number of rotatable bonds is 3. The van der Waals surface area contributed by atoms with Gasteiger partial charge in [0.2, 0.25) is 0 Å². The molecule has 0 aromatic heterocycles. The average Bonchev–Trinajstić information content (AvgIpc) is 2.72.